The number of amidine groups is 1. The van der Waals surface area contributed by atoms with Crippen LogP contribution in [0.5, 0.6) is 0 Å². The second kappa shape index (κ2) is 17.8. The zero-order valence-corrected chi connectivity index (χ0v) is 36.0. The van der Waals surface area contributed by atoms with E-state index in [2.05, 4.69) is 197 Å². The van der Waals surface area contributed by atoms with Crippen molar-refractivity contribution in [3.63, 3.8) is 0 Å². The smallest absolute Gasteiger partial charge is 0.131 e. The lowest BCUT2D eigenvalue weighted by atomic mass is 9.96. The maximum atomic E-state index is 5.23. The molecule has 0 bridgehead atoms. The fraction of sp³-hybridized carbons (Fsp3) is 0.228. The first kappa shape index (κ1) is 39.5. The Morgan fingerprint density at radius 3 is 2.31 bits per heavy atom. The average Bonchev–Trinajstić information content (AvgIpc) is 3.45. The van der Waals surface area contributed by atoms with Gasteiger partial charge in [0.1, 0.15) is 12.0 Å². The number of allylic oxidation sites excluding steroid dienone is 7. The summed E-state index contributed by atoms with van der Waals surface area (Å²) in [5.41, 5.74) is 18.6. The van der Waals surface area contributed by atoms with Gasteiger partial charge in [0.2, 0.25) is 0 Å². The molecule has 0 radical (unpaired) electrons. The van der Waals surface area contributed by atoms with Crippen molar-refractivity contribution in [3.8, 4) is 16.8 Å². The fourth-order valence-corrected chi connectivity index (χ4v) is 9.72. The Labute approximate surface area is 366 Å². The van der Waals surface area contributed by atoms with E-state index in [4.69, 9.17) is 4.99 Å². The van der Waals surface area contributed by atoms with Crippen LogP contribution < -0.4 is 20.8 Å². The average molecular weight is 810 g/mol. The molecule has 1 aliphatic heterocycles. The van der Waals surface area contributed by atoms with Crippen LogP contribution in [-0.4, -0.2) is 35.2 Å². The van der Waals surface area contributed by atoms with Gasteiger partial charge in [0.25, 0.3) is 0 Å². The molecule has 0 spiro atoms. The zero-order valence-electron chi connectivity index (χ0n) is 36.0. The fourth-order valence-electron chi connectivity index (χ4n) is 9.72. The molecule has 5 heteroatoms. The Morgan fingerprint density at radius 2 is 1.50 bits per heavy atom. The Kier molecular flexibility index (Phi) is 11.3. The molecule has 10 rings (SSSR count). The lowest BCUT2D eigenvalue weighted by Crippen LogP contribution is -2.50. The topological polar surface area (TPSA) is 35.8 Å². The van der Waals surface area contributed by atoms with Gasteiger partial charge in [-0.3, -0.25) is 4.99 Å². The van der Waals surface area contributed by atoms with Crippen LogP contribution >= 0.6 is 0 Å². The molecule has 5 aromatic carbocycles. The third-order valence-electron chi connectivity index (χ3n) is 13.0. The van der Waals surface area contributed by atoms with E-state index in [1.54, 1.807) is 0 Å². The molecule has 1 N–H and O–H groups in total. The van der Waals surface area contributed by atoms with Crippen molar-refractivity contribution in [2.75, 3.05) is 24.8 Å². The number of aliphatic imine (C=N–C) groups is 1. The number of rotatable bonds is 11. The molecule has 3 aliphatic carbocycles. The molecule has 2 heterocycles. The summed E-state index contributed by atoms with van der Waals surface area (Å²) in [4.78, 5) is 10.3. The highest BCUT2D eigenvalue weighted by atomic mass is 15.4. The molecule has 1 aromatic heterocycles. The van der Waals surface area contributed by atoms with Crippen molar-refractivity contribution in [2.45, 2.75) is 65.0 Å². The standard InChI is InChI=1S/C57H55N5/c1-3-41-36-37-52-51-26-15-16-27-53(51)62(50-25-17-24-49(38-50)46-30-28-44(29-31-46)42-18-9-5-6-10-19-42)55(52)54(41)60(4-2)40-61-39-58-56(59-57(61)48-22-13-8-14-23-48)47-34-32-45(33-35-47)43-20-11-7-12-21-43/h5-9,11,13-14,17,20,22-38,57H,3-4,10,12,15-16,19,21,39-40H2,1-2H3,(H,58,59). The van der Waals surface area contributed by atoms with Gasteiger partial charge in [-0.15, -0.1) is 5.73 Å². The van der Waals surface area contributed by atoms with Gasteiger partial charge >= 0.3 is 0 Å². The number of benzene rings is 5. The number of aryl methyl sites for hydroxylation is 1. The molecule has 6 aromatic rings. The van der Waals surface area contributed by atoms with Gasteiger partial charge in [-0.05, 0) is 109 Å². The van der Waals surface area contributed by atoms with Crippen LogP contribution in [0.4, 0.5) is 5.69 Å². The van der Waals surface area contributed by atoms with Gasteiger partial charge in [0.05, 0.1) is 24.5 Å². The van der Waals surface area contributed by atoms with Gasteiger partial charge in [0.15, 0.2) is 0 Å². The number of anilines is 1. The van der Waals surface area contributed by atoms with Crippen LogP contribution in [0.3, 0.4) is 0 Å². The SMILES string of the molecule is CCc1ccc2c3c(n(-c4cccc(-c5ccc(C6=C=CC=CCC6)cc5)c4)c2c1N(CC)CN1CN=C(c2ccc(C4=CC=CCC4)cc2)NC1c1ccccc1)=CCCC=3. The van der Waals surface area contributed by atoms with Gasteiger partial charge < -0.3 is 14.8 Å². The van der Waals surface area contributed by atoms with Gasteiger partial charge in [-0.25, -0.2) is 4.90 Å². The summed E-state index contributed by atoms with van der Waals surface area (Å²) >= 11 is 0. The molecule has 0 fully saturated rings. The molecule has 0 saturated heterocycles. The minimum atomic E-state index is -0.0517. The van der Waals surface area contributed by atoms with Crippen molar-refractivity contribution >= 4 is 45.7 Å². The third-order valence-corrected chi connectivity index (χ3v) is 13.0. The summed E-state index contributed by atoms with van der Waals surface area (Å²) < 4.78 is 2.56. The van der Waals surface area contributed by atoms with Gasteiger partial charge in [-0.2, -0.15) is 0 Å². The van der Waals surface area contributed by atoms with Crippen molar-refractivity contribution in [1.82, 2.24) is 14.8 Å². The van der Waals surface area contributed by atoms with Crippen LogP contribution in [0.25, 0.3) is 51.0 Å². The summed E-state index contributed by atoms with van der Waals surface area (Å²) in [7, 11) is 0. The molecule has 0 amide bonds. The maximum Gasteiger partial charge on any atom is 0.131 e. The van der Waals surface area contributed by atoms with Crippen LogP contribution in [0.15, 0.2) is 162 Å². The van der Waals surface area contributed by atoms with Gasteiger partial charge in [0, 0.05) is 39.3 Å². The summed E-state index contributed by atoms with van der Waals surface area (Å²) in [6, 6.07) is 42.8. The lowest BCUT2D eigenvalue weighted by molar-refractivity contribution is 0.178. The summed E-state index contributed by atoms with van der Waals surface area (Å²) in [6.07, 6.45) is 25.2. The van der Waals surface area contributed by atoms with Crippen LogP contribution in [0.1, 0.15) is 86.4 Å². The molecule has 308 valence electrons. The van der Waals surface area contributed by atoms with E-state index >= 15 is 0 Å². The number of fused-ring (bicyclic) bond motifs is 3. The number of aromatic nitrogens is 1. The van der Waals surface area contributed by atoms with E-state index in [9.17, 15) is 0 Å². The predicted molar refractivity (Wildman–Crippen MR) is 262 cm³/mol. The Bertz CT molecular complexity index is 2930. The number of hydrogen-bond donors (Lipinski definition) is 1. The Balaban J connectivity index is 1.03. The third kappa shape index (κ3) is 7.75. The number of hydrogen-bond acceptors (Lipinski definition) is 4. The Morgan fingerprint density at radius 1 is 0.726 bits per heavy atom. The van der Waals surface area contributed by atoms with Crippen LogP contribution in [0.2, 0.25) is 0 Å². The zero-order chi connectivity index (χ0) is 41.8. The first-order valence-corrected chi connectivity index (χ1v) is 22.7. The number of nitrogens with one attached hydrogen (secondary N) is 1. The highest BCUT2D eigenvalue weighted by molar-refractivity contribution is 6.00. The second-order valence-corrected chi connectivity index (χ2v) is 16.8. The highest BCUT2D eigenvalue weighted by Crippen LogP contribution is 2.35. The van der Waals surface area contributed by atoms with Crippen molar-refractivity contribution < 1.29 is 0 Å². The largest absolute Gasteiger partial charge is 0.357 e. The quantitative estimate of drug-likeness (QED) is 0.132. The van der Waals surface area contributed by atoms with Crippen molar-refractivity contribution in [1.29, 1.82) is 0 Å². The van der Waals surface area contributed by atoms with Crippen LogP contribution in [0, 0.1) is 0 Å². The molecular weight excluding hydrogens is 755 g/mol. The molecule has 0 saturated carbocycles. The van der Waals surface area contributed by atoms with Crippen molar-refractivity contribution in [2.24, 2.45) is 4.99 Å². The monoisotopic (exact) mass is 809 g/mol. The van der Waals surface area contributed by atoms with E-state index in [0.717, 1.165) is 62.9 Å². The number of nitrogens with zero attached hydrogens (tertiary/aromatic N) is 4. The van der Waals surface area contributed by atoms with E-state index in [0.29, 0.717) is 13.3 Å². The minimum absolute atomic E-state index is 0.0517. The Hall–Kier alpha value is -6.65. The first-order valence-electron chi connectivity index (χ1n) is 22.7. The minimum Gasteiger partial charge on any atom is -0.357 e. The molecule has 62 heavy (non-hydrogen) atoms. The second-order valence-electron chi connectivity index (χ2n) is 16.8. The van der Waals surface area contributed by atoms with Gasteiger partial charge in [-0.1, -0.05) is 153 Å². The molecule has 4 aliphatic rings. The summed E-state index contributed by atoms with van der Waals surface area (Å²) in [5.74, 6) is 0.941. The first-order chi connectivity index (χ1) is 30.7. The molecular formula is C57H55N5. The summed E-state index contributed by atoms with van der Waals surface area (Å²) in [5, 5.41) is 7.86. The van der Waals surface area contributed by atoms with E-state index < -0.39 is 0 Å². The maximum absolute atomic E-state index is 5.23. The molecule has 5 nitrogen and oxygen atoms in total. The van der Waals surface area contributed by atoms with E-state index in [-0.39, 0.29) is 6.17 Å². The molecule has 1 atom stereocenters. The van der Waals surface area contributed by atoms with Crippen LogP contribution in [-0.2, 0) is 6.42 Å². The molecule has 1 unspecified atom stereocenters. The highest BCUT2D eigenvalue weighted by Gasteiger charge is 2.29. The summed E-state index contributed by atoms with van der Waals surface area (Å²) in [6.45, 7) is 6.74. The lowest BCUT2D eigenvalue weighted by Gasteiger charge is -2.40. The van der Waals surface area contributed by atoms with E-state index in [1.165, 1.54) is 77.4 Å². The van der Waals surface area contributed by atoms with E-state index in [1.807, 2.05) is 6.08 Å². The van der Waals surface area contributed by atoms with Crippen molar-refractivity contribution in [3.05, 3.63) is 196 Å². The predicted octanol–water partition coefficient (Wildman–Crippen LogP) is 11.6. The normalized spacial score (nSPS) is 17.3.